The van der Waals surface area contributed by atoms with Crippen LogP contribution in [0, 0.1) is 11.8 Å². The molecule has 0 aliphatic carbocycles. The number of anilines is 2. The van der Waals surface area contributed by atoms with Crippen LogP contribution in [0.25, 0.3) is 0 Å². The highest BCUT2D eigenvalue weighted by molar-refractivity contribution is 5.96. The topological polar surface area (TPSA) is 83.0 Å². The zero-order valence-electron chi connectivity index (χ0n) is 22.6. The molecule has 36 heavy (non-hydrogen) atoms. The van der Waals surface area contributed by atoms with Crippen molar-refractivity contribution in [3.05, 3.63) is 53.6 Å². The van der Waals surface area contributed by atoms with Crippen LogP contribution in [-0.2, 0) is 4.74 Å². The molecule has 196 valence electrons. The first-order chi connectivity index (χ1) is 17.2. The summed E-state index contributed by atoms with van der Waals surface area (Å²) < 4.78 is 4.73. The normalized spacial score (nSPS) is 11.2. The lowest BCUT2D eigenvalue weighted by atomic mass is 10.1. The van der Waals surface area contributed by atoms with Gasteiger partial charge in [-0.25, -0.2) is 9.79 Å². The Kier molecular flexibility index (Phi) is 12.0. The van der Waals surface area contributed by atoms with Gasteiger partial charge in [-0.1, -0.05) is 34.6 Å². The lowest BCUT2D eigenvalue weighted by Crippen LogP contribution is -2.34. The van der Waals surface area contributed by atoms with E-state index in [0.29, 0.717) is 23.0 Å². The Morgan fingerprint density at radius 3 is 2.14 bits per heavy atom. The first-order valence-corrected chi connectivity index (χ1v) is 12.9. The third-order valence-corrected chi connectivity index (χ3v) is 5.79. The summed E-state index contributed by atoms with van der Waals surface area (Å²) in [5.74, 6) is 0.780. The number of benzene rings is 2. The van der Waals surface area contributed by atoms with Gasteiger partial charge in [-0.3, -0.25) is 4.79 Å². The van der Waals surface area contributed by atoms with Crippen molar-refractivity contribution in [2.24, 2.45) is 16.8 Å². The molecule has 2 N–H and O–H groups in total. The van der Waals surface area contributed by atoms with E-state index in [0.717, 1.165) is 56.0 Å². The predicted molar refractivity (Wildman–Crippen MR) is 150 cm³/mol. The van der Waals surface area contributed by atoms with E-state index < -0.39 is 0 Å². The van der Waals surface area contributed by atoms with Gasteiger partial charge in [-0.15, -0.1) is 0 Å². The fourth-order valence-electron chi connectivity index (χ4n) is 3.51. The Morgan fingerprint density at radius 2 is 1.58 bits per heavy atom. The minimum absolute atomic E-state index is 0.0650. The second-order valence-electron chi connectivity index (χ2n) is 9.79. The van der Waals surface area contributed by atoms with E-state index in [9.17, 15) is 9.59 Å². The van der Waals surface area contributed by atoms with Crippen LogP contribution < -0.4 is 10.6 Å². The van der Waals surface area contributed by atoms with Crippen LogP contribution in [0.15, 0.2) is 47.5 Å². The van der Waals surface area contributed by atoms with Crippen molar-refractivity contribution < 1.29 is 14.3 Å². The molecule has 0 aliphatic rings. The second kappa shape index (κ2) is 14.9. The Hall–Kier alpha value is -3.35. The number of methoxy groups -OCH3 is 1. The van der Waals surface area contributed by atoms with Crippen molar-refractivity contribution in [1.82, 2.24) is 4.90 Å². The fraction of sp³-hybridized carbons (Fsp3) is 0.483. The van der Waals surface area contributed by atoms with Crippen molar-refractivity contribution in [2.45, 2.75) is 53.9 Å². The highest BCUT2D eigenvalue weighted by Crippen LogP contribution is 2.27. The SMILES string of the molecule is CCCNc1cc(C(=O)N(CCC(C)C)CCC(C)C)ccc1N=CNc1ccc(C(=O)OC)cc1. The number of carbonyl (C=O) groups excluding carboxylic acids is 2. The molecule has 0 fully saturated rings. The van der Waals surface area contributed by atoms with Crippen LogP contribution in [0.3, 0.4) is 0 Å². The van der Waals surface area contributed by atoms with E-state index in [1.807, 2.05) is 23.1 Å². The van der Waals surface area contributed by atoms with Crippen molar-refractivity contribution in [2.75, 3.05) is 37.4 Å². The number of carbonyl (C=O) groups is 2. The van der Waals surface area contributed by atoms with E-state index in [1.165, 1.54) is 7.11 Å². The summed E-state index contributed by atoms with van der Waals surface area (Å²) in [7, 11) is 1.36. The summed E-state index contributed by atoms with van der Waals surface area (Å²) in [5.41, 5.74) is 3.53. The molecule has 0 spiro atoms. The van der Waals surface area contributed by atoms with Gasteiger partial charge in [0, 0.05) is 30.9 Å². The largest absolute Gasteiger partial charge is 0.465 e. The number of hydrogen-bond donors (Lipinski definition) is 2. The average molecular weight is 495 g/mol. The number of nitrogens with zero attached hydrogens (tertiary/aromatic N) is 2. The molecule has 0 aromatic heterocycles. The highest BCUT2D eigenvalue weighted by Gasteiger charge is 2.18. The molecule has 0 bridgehead atoms. The van der Waals surface area contributed by atoms with E-state index >= 15 is 0 Å². The van der Waals surface area contributed by atoms with Gasteiger partial charge in [0.25, 0.3) is 5.91 Å². The summed E-state index contributed by atoms with van der Waals surface area (Å²) in [6.45, 7) is 13.2. The van der Waals surface area contributed by atoms with Gasteiger partial charge in [-0.05, 0) is 73.6 Å². The summed E-state index contributed by atoms with van der Waals surface area (Å²) in [6.07, 6.45) is 4.54. The van der Waals surface area contributed by atoms with Crippen LogP contribution in [-0.4, -0.2) is 49.9 Å². The first kappa shape index (κ1) is 28.9. The molecule has 2 aromatic rings. The number of aliphatic imine (C=N–C) groups is 1. The number of rotatable bonds is 14. The maximum atomic E-state index is 13.4. The Bertz CT molecular complexity index is 988. The van der Waals surface area contributed by atoms with Gasteiger partial charge in [0.1, 0.15) is 0 Å². The van der Waals surface area contributed by atoms with Crippen LogP contribution in [0.2, 0.25) is 0 Å². The van der Waals surface area contributed by atoms with E-state index in [-0.39, 0.29) is 11.9 Å². The molecular weight excluding hydrogens is 452 g/mol. The molecule has 1 amide bonds. The van der Waals surface area contributed by atoms with Gasteiger partial charge in [0.2, 0.25) is 0 Å². The van der Waals surface area contributed by atoms with Crippen molar-refractivity contribution in [1.29, 1.82) is 0 Å². The summed E-state index contributed by atoms with van der Waals surface area (Å²) in [5, 5.41) is 6.53. The van der Waals surface area contributed by atoms with Gasteiger partial charge in [0.05, 0.1) is 30.4 Å². The standard InChI is InChI=1S/C29H42N4O3/c1-7-16-30-27-19-24(28(34)33(17-14-21(2)3)18-15-22(4)5)10-13-26(27)32-20-31-25-11-8-23(9-12-25)29(35)36-6/h8-13,19-22,30H,7,14-18H2,1-6H3,(H,31,32). The molecule has 0 saturated heterocycles. The second-order valence-corrected chi connectivity index (χ2v) is 9.79. The zero-order chi connectivity index (χ0) is 26.5. The molecular formula is C29H42N4O3. The van der Waals surface area contributed by atoms with Gasteiger partial charge < -0.3 is 20.3 Å². The number of esters is 1. The Labute approximate surface area is 216 Å². The lowest BCUT2D eigenvalue weighted by Gasteiger charge is -2.25. The Morgan fingerprint density at radius 1 is 0.972 bits per heavy atom. The molecule has 0 radical (unpaired) electrons. The number of nitrogens with one attached hydrogen (secondary N) is 2. The minimum atomic E-state index is -0.372. The van der Waals surface area contributed by atoms with Gasteiger partial charge in [-0.2, -0.15) is 0 Å². The van der Waals surface area contributed by atoms with Crippen molar-refractivity contribution >= 4 is 35.3 Å². The third kappa shape index (κ3) is 9.36. The Balaban J connectivity index is 2.19. The van der Waals surface area contributed by atoms with Crippen LogP contribution in [0.4, 0.5) is 17.1 Å². The summed E-state index contributed by atoms with van der Waals surface area (Å²) >= 11 is 0. The molecule has 0 atom stereocenters. The molecule has 2 rings (SSSR count). The minimum Gasteiger partial charge on any atom is -0.465 e. The molecule has 2 aromatic carbocycles. The van der Waals surface area contributed by atoms with E-state index in [2.05, 4.69) is 50.2 Å². The molecule has 0 aliphatic heterocycles. The van der Waals surface area contributed by atoms with E-state index in [1.54, 1.807) is 30.6 Å². The maximum absolute atomic E-state index is 13.4. The number of amides is 1. The summed E-state index contributed by atoms with van der Waals surface area (Å²) in [6, 6.07) is 12.6. The molecule has 0 heterocycles. The van der Waals surface area contributed by atoms with Gasteiger partial charge >= 0.3 is 5.97 Å². The van der Waals surface area contributed by atoms with Crippen molar-refractivity contribution in [3.63, 3.8) is 0 Å². The summed E-state index contributed by atoms with van der Waals surface area (Å²) in [4.78, 5) is 31.6. The van der Waals surface area contributed by atoms with E-state index in [4.69, 9.17) is 4.74 Å². The predicted octanol–water partition coefficient (Wildman–Crippen LogP) is 6.60. The van der Waals surface area contributed by atoms with Crippen molar-refractivity contribution in [3.8, 4) is 0 Å². The van der Waals surface area contributed by atoms with Crippen LogP contribution in [0.5, 0.6) is 0 Å². The smallest absolute Gasteiger partial charge is 0.337 e. The van der Waals surface area contributed by atoms with Crippen LogP contribution >= 0.6 is 0 Å². The lowest BCUT2D eigenvalue weighted by molar-refractivity contribution is 0.0600. The maximum Gasteiger partial charge on any atom is 0.337 e. The third-order valence-electron chi connectivity index (χ3n) is 5.79. The monoisotopic (exact) mass is 494 g/mol. The van der Waals surface area contributed by atoms with Gasteiger partial charge in [0.15, 0.2) is 0 Å². The quantitative estimate of drug-likeness (QED) is 0.176. The number of ether oxygens (including phenoxy) is 1. The molecule has 7 heteroatoms. The number of hydrogen-bond acceptors (Lipinski definition) is 5. The van der Waals surface area contributed by atoms with Crippen LogP contribution in [0.1, 0.15) is 74.6 Å². The average Bonchev–Trinajstić information content (AvgIpc) is 2.87. The molecule has 0 saturated carbocycles. The molecule has 7 nitrogen and oxygen atoms in total. The molecule has 0 unspecified atom stereocenters. The zero-order valence-corrected chi connectivity index (χ0v) is 22.6. The first-order valence-electron chi connectivity index (χ1n) is 12.9. The highest BCUT2D eigenvalue weighted by atomic mass is 16.5. The fourth-order valence-corrected chi connectivity index (χ4v) is 3.51.